The standard InChI is InChI=1S/C21H26F3N5O.HI/c1-2-25-20(27-14-16-5-3-7-18(13-16)21(22,23)24)28-15-17-6-4-8-26-19(17)29-9-11-30-12-10-29;/h3-8,13H,2,9-12,14-15H2,1H3,(H2,25,27,28);1H. The summed E-state index contributed by atoms with van der Waals surface area (Å²) < 4.78 is 44.1. The first-order chi connectivity index (χ1) is 14.5. The number of hydrogen-bond donors (Lipinski definition) is 2. The molecule has 0 radical (unpaired) electrons. The van der Waals surface area contributed by atoms with Crippen LogP contribution in [0, 0.1) is 0 Å². The van der Waals surface area contributed by atoms with E-state index < -0.39 is 11.7 Å². The Labute approximate surface area is 197 Å². The van der Waals surface area contributed by atoms with Gasteiger partial charge in [-0.1, -0.05) is 18.2 Å². The van der Waals surface area contributed by atoms with E-state index >= 15 is 0 Å². The van der Waals surface area contributed by atoms with Crippen molar-refractivity contribution in [1.82, 2.24) is 15.6 Å². The van der Waals surface area contributed by atoms with Crippen molar-refractivity contribution in [1.29, 1.82) is 0 Å². The number of pyridine rings is 1. The minimum atomic E-state index is -4.36. The van der Waals surface area contributed by atoms with Gasteiger partial charge in [-0.05, 0) is 30.7 Å². The highest BCUT2D eigenvalue weighted by Gasteiger charge is 2.30. The molecule has 0 unspecified atom stereocenters. The number of ether oxygens (including phenoxy) is 1. The third-order valence-electron chi connectivity index (χ3n) is 4.64. The quantitative estimate of drug-likeness (QED) is 0.326. The van der Waals surface area contributed by atoms with E-state index in [1.807, 2.05) is 19.1 Å². The largest absolute Gasteiger partial charge is 0.416 e. The van der Waals surface area contributed by atoms with Crippen LogP contribution in [0.4, 0.5) is 19.0 Å². The normalized spacial score (nSPS) is 14.7. The highest BCUT2D eigenvalue weighted by Crippen LogP contribution is 2.29. The number of morpholine rings is 1. The van der Waals surface area contributed by atoms with Crippen molar-refractivity contribution in [3.8, 4) is 0 Å². The second-order valence-corrected chi connectivity index (χ2v) is 6.83. The maximum Gasteiger partial charge on any atom is 0.416 e. The monoisotopic (exact) mass is 549 g/mol. The van der Waals surface area contributed by atoms with Gasteiger partial charge in [0.1, 0.15) is 5.82 Å². The molecule has 1 aliphatic heterocycles. The number of aromatic nitrogens is 1. The summed E-state index contributed by atoms with van der Waals surface area (Å²) in [6.45, 7) is 6.12. The molecule has 0 saturated carbocycles. The molecule has 2 heterocycles. The first kappa shape index (κ1) is 25.2. The Kier molecular flexibility index (Phi) is 9.82. The van der Waals surface area contributed by atoms with Crippen molar-refractivity contribution in [2.75, 3.05) is 37.7 Å². The van der Waals surface area contributed by atoms with E-state index in [0.29, 0.717) is 37.8 Å². The number of benzene rings is 1. The molecule has 1 aromatic heterocycles. The summed E-state index contributed by atoms with van der Waals surface area (Å²) in [5.41, 5.74) is 0.847. The summed E-state index contributed by atoms with van der Waals surface area (Å²) in [5.74, 6) is 1.44. The number of hydrogen-bond acceptors (Lipinski definition) is 4. The van der Waals surface area contributed by atoms with Crippen LogP contribution >= 0.6 is 24.0 Å². The third kappa shape index (κ3) is 7.53. The minimum absolute atomic E-state index is 0. The van der Waals surface area contributed by atoms with Crippen molar-refractivity contribution < 1.29 is 17.9 Å². The zero-order valence-electron chi connectivity index (χ0n) is 17.3. The van der Waals surface area contributed by atoms with Crippen LogP contribution in [0.3, 0.4) is 0 Å². The van der Waals surface area contributed by atoms with E-state index in [1.165, 1.54) is 6.07 Å². The lowest BCUT2D eigenvalue weighted by Gasteiger charge is -2.29. The summed E-state index contributed by atoms with van der Waals surface area (Å²) in [5, 5.41) is 6.38. The second kappa shape index (κ2) is 12.1. The van der Waals surface area contributed by atoms with E-state index in [4.69, 9.17) is 4.74 Å². The predicted molar refractivity (Wildman–Crippen MR) is 126 cm³/mol. The Bertz CT molecular complexity index is 857. The molecular weight excluding hydrogens is 522 g/mol. The lowest BCUT2D eigenvalue weighted by atomic mass is 10.1. The van der Waals surface area contributed by atoms with Crippen molar-refractivity contribution in [2.24, 2.45) is 4.99 Å². The van der Waals surface area contributed by atoms with Crippen molar-refractivity contribution in [3.05, 3.63) is 59.3 Å². The van der Waals surface area contributed by atoms with Crippen molar-refractivity contribution >= 4 is 35.8 Å². The minimum Gasteiger partial charge on any atom is -0.378 e. The molecule has 1 fully saturated rings. The molecule has 0 amide bonds. The molecular formula is C21H27F3IN5O. The van der Waals surface area contributed by atoms with Crippen LogP contribution in [0.2, 0.25) is 0 Å². The van der Waals surface area contributed by atoms with Gasteiger partial charge in [0.25, 0.3) is 0 Å². The first-order valence-corrected chi connectivity index (χ1v) is 9.92. The molecule has 1 aromatic carbocycles. The lowest BCUT2D eigenvalue weighted by molar-refractivity contribution is -0.137. The molecule has 3 rings (SSSR count). The van der Waals surface area contributed by atoms with Gasteiger partial charge < -0.3 is 20.3 Å². The van der Waals surface area contributed by atoms with Crippen LogP contribution in [0.1, 0.15) is 23.6 Å². The smallest absolute Gasteiger partial charge is 0.378 e. The first-order valence-electron chi connectivity index (χ1n) is 9.92. The Morgan fingerprint density at radius 1 is 1.16 bits per heavy atom. The fraction of sp³-hybridized carbons (Fsp3) is 0.429. The van der Waals surface area contributed by atoms with Gasteiger partial charge >= 0.3 is 6.18 Å². The molecule has 170 valence electrons. The molecule has 0 bridgehead atoms. The predicted octanol–water partition coefficient (Wildman–Crippen LogP) is 3.81. The number of halogens is 4. The van der Waals surface area contributed by atoms with Gasteiger partial charge in [0.2, 0.25) is 0 Å². The fourth-order valence-corrected chi connectivity index (χ4v) is 3.17. The molecule has 6 nitrogen and oxygen atoms in total. The second-order valence-electron chi connectivity index (χ2n) is 6.83. The van der Waals surface area contributed by atoms with Gasteiger partial charge in [0, 0.05) is 37.9 Å². The number of nitrogens with zero attached hydrogens (tertiary/aromatic N) is 3. The van der Waals surface area contributed by atoms with Crippen LogP contribution in [0.5, 0.6) is 0 Å². The molecule has 2 aromatic rings. The summed E-state index contributed by atoms with van der Waals surface area (Å²) >= 11 is 0. The number of alkyl halides is 3. The lowest BCUT2D eigenvalue weighted by Crippen LogP contribution is -2.39. The molecule has 1 aliphatic rings. The molecule has 0 aliphatic carbocycles. The maximum absolute atomic E-state index is 12.9. The molecule has 2 N–H and O–H groups in total. The Morgan fingerprint density at radius 3 is 2.65 bits per heavy atom. The number of anilines is 1. The number of aliphatic imine (C=N–C) groups is 1. The maximum atomic E-state index is 12.9. The zero-order chi connectivity index (χ0) is 21.4. The van der Waals surface area contributed by atoms with Crippen LogP contribution in [-0.4, -0.2) is 43.8 Å². The van der Waals surface area contributed by atoms with E-state index in [0.717, 1.165) is 36.6 Å². The summed E-state index contributed by atoms with van der Waals surface area (Å²) in [6.07, 6.45) is -2.60. The van der Waals surface area contributed by atoms with Crippen LogP contribution in [-0.2, 0) is 24.0 Å². The molecule has 1 saturated heterocycles. The molecule has 0 atom stereocenters. The van der Waals surface area contributed by atoms with Gasteiger partial charge in [-0.25, -0.2) is 9.98 Å². The number of nitrogens with one attached hydrogen (secondary N) is 2. The Morgan fingerprint density at radius 2 is 1.94 bits per heavy atom. The van der Waals surface area contributed by atoms with Crippen LogP contribution in [0.15, 0.2) is 47.6 Å². The van der Waals surface area contributed by atoms with E-state index in [9.17, 15) is 13.2 Å². The summed E-state index contributed by atoms with van der Waals surface area (Å²) in [6, 6.07) is 9.12. The highest BCUT2D eigenvalue weighted by atomic mass is 127. The van der Waals surface area contributed by atoms with Gasteiger partial charge in [0.05, 0.1) is 25.3 Å². The topological polar surface area (TPSA) is 61.8 Å². The van der Waals surface area contributed by atoms with E-state index in [-0.39, 0.29) is 30.5 Å². The van der Waals surface area contributed by atoms with Gasteiger partial charge in [-0.15, -0.1) is 24.0 Å². The van der Waals surface area contributed by atoms with Crippen molar-refractivity contribution in [3.63, 3.8) is 0 Å². The SMILES string of the molecule is CCNC(=NCc1cccc(C(F)(F)F)c1)NCc1cccnc1N1CCOCC1.I. The fourth-order valence-electron chi connectivity index (χ4n) is 3.17. The van der Waals surface area contributed by atoms with Crippen LogP contribution < -0.4 is 15.5 Å². The summed E-state index contributed by atoms with van der Waals surface area (Å²) in [4.78, 5) is 11.1. The van der Waals surface area contributed by atoms with Gasteiger partial charge in [0.15, 0.2) is 5.96 Å². The number of guanidine groups is 1. The number of rotatable bonds is 6. The molecule has 10 heteroatoms. The molecule has 31 heavy (non-hydrogen) atoms. The Balaban J connectivity index is 0.00000341. The zero-order valence-corrected chi connectivity index (χ0v) is 19.6. The average molecular weight is 549 g/mol. The van der Waals surface area contributed by atoms with E-state index in [1.54, 1.807) is 12.3 Å². The van der Waals surface area contributed by atoms with Crippen molar-refractivity contribution in [2.45, 2.75) is 26.2 Å². The highest BCUT2D eigenvalue weighted by molar-refractivity contribution is 14.0. The van der Waals surface area contributed by atoms with Gasteiger partial charge in [-0.2, -0.15) is 13.2 Å². The van der Waals surface area contributed by atoms with E-state index in [2.05, 4.69) is 25.5 Å². The van der Waals surface area contributed by atoms with Gasteiger partial charge in [-0.3, -0.25) is 0 Å². The average Bonchev–Trinajstić information content (AvgIpc) is 2.76. The summed E-state index contributed by atoms with van der Waals surface area (Å²) in [7, 11) is 0. The van der Waals surface area contributed by atoms with Crippen LogP contribution in [0.25, 0.3) is 0 Å². The third-order valence-corrected chi connectivity index (χ3v) is 4.64. The molecule has 0 spiro atoms. The Hall–Kier alpha value is -2.08.